The van der Waals surface area contributed by atoms with Crippen molar-refractivity contribution in [3.8, 4) is 5.75 Å². The van der Waals surface area contributed by atoms with Gasteiger partial charge in [-0.15, -0.1) is 0 Å². The first-order chi connectivity index (χ1) is 11.0. The second kappa shape index (κ2) is 9.09. The van der Waals surface area contributed by atoms with Gasteiger partial charge < -0.3 is 10.1 Å². The van der Waals surface area contributed by atoms with Crippen molar-refractivity contribution in [3.05, 3.63) is 60.4 Å². The van der Waals surface area contributed by atoms with Crippen LogP contribution in [0.15, 0.2) is 60.4 Å². The highest BCUT2D eigenvalue weighted by Crippen LogP contribution is 2.20. The van der Waals surface area contributed by atoms with Crippen LogP contribution < -0.4 is 20.9 Å². The molecule has 122 valence electrons. The number of hydrogen-bond acceptors (Lipinski definition) is 4. The molecule has 6 nitrogen and oxygen atoms in total. The Bertz CT molecular complexity index is 648. The van der Waals surface area contributed by atoms with E-state index in [1.165, 1.54) is 14.0 Å². The number of carbonyl (C=O) groups excluding carboxylic acids is 2. The van der Waals surface area contributed by atoms with E-state index in [1.54, 1.807) is 42.5 Å². The summed E-state index contributed by atoms with van der Waals surface area (Å²) in [6.45, 7) is 6.94. The molecule has 1 rings (SSSR count). The molecule has 0 atom stereocenters. The molecular weight excluding hydrogens is 294 g/mol. The molecule has 0 aromatic heterocycles. The maximum absolute atomic E-state index is 11.5. The lowest BCUT2D eigenvalue weighted by Gasteiger charge is -2.10. The van der Waals surface area contributed by atoms with Crippen molar-refractivity contribution >= 4 is 17.5 Å². The number of benzene rings is 1. The van der Waals surface area contributed by atoms with E-state index >= 15 is 0 Å². The first-order valence-electron chi connectivity index (χ1n) is 7.02. The molecule has 1 aromatic rings. The van der Waals surface area contributed by atoms with Gasteiger partial charge in [0.15, 0.2) is 0 Å². The Morgan fingerprint density at radius 1 is 1.30 bits per heavy atom. The van der Waals surface area contributed by atoms with Crippen LogP contribution in [0.5, 0.6) is 5.75 Å². The van der Waals surface area contributed by atoms with Crippen molar-refractivity contribution in [2.24, 2.45) is 0 Å². The SMILES string of the molecule is C=C(/C=C(\C=C/C)Oc1cccc(NNC(C)=O)c1)C(=O)NC. The lowest BCUT2D eigenvalue weighted by molar-refractivity contribution is -0.118. The maximum atomic E-state index is 11.5. The van der Waals surface area contributed by atoms with Crippen LogP contribution in [-0.2, 0) is 9.59 Å². The fourth-order valence-electron chi connectivity index (χ4n) is 1.61. The zero-order valence-electron chi connectivity index (χ0n) is 13.5. The van der Waals surface area contributed by atoms with Crippen molar-refractivity contribution in [2.45, 2.75) is 13.8 Å². The smallest absolute Gasteiger partial charge is 0.250 e. The zero-order chi connectivity index (χ0) is 17.2. The summed E-state index contributed by atoms with van der Waals surface area (Å²) in [7, 11) is 1.54. The highest BCUT2D eigenvalue weighted by molar-refractivity contribution is 5.95. The molecule has 0 saturated carbocycles. The maximum Gasteiger partial charge on any atom is 0.250 e. The standard InChI is InChI=1S/C17H21N3O3/c1-5-7-15(10-12(2)17(22)18-4)23-16-9-6-8-14(11-16)20-19-13(3)21/h5-11,20H,2H2,1,3-4H3,(H,18,22)(H,19,21)/b7-5-,15-10+. The molecule has 6 heteroatoms. The van der Waals surface area contributed by atoms with E-state index in [0.29, 0.717) is 17.2 Å². The minimum Gasteiger partial charge on any atom is -0.457 e. The summed E-state index contributed by atoms with van der Waals surface area (Å²) in [5.74, 6) is 0.538. The van der Waals surface area contributed by atoms with Crippen LogP contribution in [0.3, 0.4) is 0 Å². The van der Waals surface area contributed by atoms with Gasteiger partial charge in [-0.25, -0.2) is 0 Å². The minimum atomic E-state index is -0.281. The lowest BCUT2D eigenvalue weighted by Crippen LogP contribution is -2.26. The molecule has 0 fully saturated rings. The summed E-state index contributed by atoms with van der Waals surface area (Å²) in [4.78, 5) is 22.4. The predicted molar refractivity (Wildman–Crippen MR) is 90.6 cm³/mol. The quantitative estimate of drug-likeness (QED) is 0.312. The van der Waals surface area contributed by atoms with E-state index in [0.717, 1.165) is 0 Å². The minimum absolute atomic E-state index is 0.201. The normalized spacial score (nSPS) is 11.0. The van der Waals surface area contributed by atoms with Crippen molar-refractivity contribution in [2.75, 3.05) is 12.5 Å². The van der Waals surface area contributed by atoms with Crippen LogP contribution in [0.25, 0.3) is 0 Å². The number of carbonyl (C=O) groups is 2. The molecule has 0 saturated heterocycles. The third-order valence-corrected chi connectivity index (χ3v) is 2.62. The van der Waals surface area contributed by atoms with E-state index in [2.05, 4.69) is 22.7 Å². The number of ether oxygens (including phenoxy) is 1. The number of amides is 2. The van der Waals surface area contributed by atoms with Crippen LogP contribution in [0.2, 0.25) is 0 Å². The number of hydrazine groups is 1. The molecule has 3 N–H and O–H groups in total. The van der Waals surface area contributed by atoms with E-state index in [9.17, 15) is 9.59 Å². The highest BCUT2D eigenvalue weighted by atomic mass is 16.5. The Labute approximate surface area is 135 Å². The van der Waals surface area contributed by atoms with Gasteiger partial charge in [0.2, 0.25) is 5.91 Å². The fraction of sp³-hybridized carbons (Fsp3) is 0.176. The molecule has 0 bridgehead atoms. The molecular formula is C17H21N3O3. The Balaban J connectivity index is 2.90. The molecule has 1 aromatic carbocycles. The number of likely N-dealkylation sites (N-methyl/N-ethyl adjacent to an activating group) is 1. The largest absolute Gasteiger partial charge is 0.457 e. The number of nitrogens with one attached hydrogen (secondary N) is 3. The summed E-state index contributed by atoms with van der Waals surface area (Å²) in [5.41, 5.74) is 6.20. The Morgan fingerprint density at radius 3 is 2.65 bits per heavy atom. The van der Waals surface area contributed by atoms with Crippen LogP contribution >= 0.6 is 0 Å². The van der Waals surface area contributed by atoms with Gasteiger partial charge in [0.05, 0.1) is 5.69 Å². The van der Waals surface area contributed by atoms with Crippen LogP contribution in [0.1, 0.15) is 13.8 Å². The van der Waals surface area contributed by atoms with Crippen molar-refractivity contribution in [1.82, 2.24) is 10.7 Å². The summed E-state index contributed by atoms with van der Waals surface area (Å²) < 4.78 is 5.75. The molecule has 2 amide bonds. The van der Waals surface area contributed by atoms with Gasteiger partial charge >= 0.3 is 0 Å². The van der Waals surface area contributed by atoms with Gasteiger partial charge in [0, 0.05) is 25.6 Å². The summed E-state index contributed by atoms with van der Waals surface area (Å²) in [5, 5.41) is 2.50. The van der Waals surface area contributed by atoms with Crippen molar-refractivity contribution in [3.63, 3.8) is 0 Å². The monoisotopic (exact) mass is 315 g/mol. The molecule has 23 heavy (non-hydrogen) atoms. The van der Waals surface area contributed by atoms with Crippen molar-refractivity contribution < 1.29 is 14.3 Å². The van der Waals surface area contributed by atoms with Gasteiger partial charge in [-0.1, -0.05) is 18.7 Å². The van der Waals surface area contributed by atoms with Crippen molar-refractivity contribution in [1.29, 1.82) is 0 Å². The highest BCUT2D eigenvalue weighted by Gasteiger charge is 2.05. The Kier molecular flexibility index (Phi) is 7.13. The molecule has 0 spiro atoms. The van der Waals surface area contributed by atoms with Gasteiger partial charge in [0.1, 0.15) is 11.5 Å². The second-order valence-corrected chi connectivity index (χ2v) is 4.59. The van der Waals surface area contributed by atoms with E-state index < -0.39 is 0 Å². The molecule has 0 unspecified atom stereocenters. The Hall–Kier alpha value is -3.02. The third-order valence-electron chi connectivity index (χ3n) is 2.62. The first-order valence-corrected chi connectivity index (χ1v) is 7.02. The molecule has 0 aliphatic heterocycles. The van der Waals surface area contributed by atoms with Crippen LogP contribution in [-0.4, -0.2) is 18.9 Å². The average Bonchev–Trinajstić information content (AvgIpc) is 2.52. The average molecular weight is 315 g/mol. The predicted octanol–water partition coefficient (Wildman–Crippen LogP) is 2.29. The lowest BCUT2D eigenvalue weighted by atomic mass is 10.2. The van der Waals surface area contributed by atoms with E-state index in [1.807, 2.05) is 6.92 Å². The molecule has 0 radical (unpaired) electrons. The Morgan fingerprint density at radius 2 is 2.04 bits per heavy atom. The first kappa shape index (κ1) is 18.0. The summed E-state index contributed by atoms with van der Waals surface area (Å²) in [6.07, 6.45) is 5.07. The van der Waals surface area contributed by atoms with Crippen LogP contribution in [0.4, 0.5) is 5.69 Å². The topological polar surface area (TPSA) is 79.5 Å². The molecule has 0 heterocycles. The fourth-order valence-corrected chi connectivity index (χ4v) is 1.61. The second-order valence-electron chi connectivity index (χ2n) is 4.59. The van der Waals surface area contributed by atoms with E-state index in [4.69, 9.17) is 4.74 Å². The van der Waals surface area contributed by atoms with Gasteiger partial charge in [-0.2, -0.15) is 0 Å². The van der Waals surface area contributed by atoms with Gasteiger partial charge in [0.25, 0.3) is 5.91 Å². The van der Waals surface area contributed by atoms with E-state index in [-0.39, 0.29) is 17.4 Å². The third kappa shape index (κ3) is 6.52. The number of hydrogen-bond donors (Lipinski definition) is 3. The number of anilines is 1. The molecule has 0 aliphatic rings. The number of rotatable bonds is 7. The van der Waals surface area contributed by atoms with Crippen LogP contribution in [0, 0.1) is 0 Å². The number of allylic oxidation sites excluding steroid dienone is 2. The molecule has 0 aliphatic carbocycles. The van der Waals surface area contributed by atoms with Gasteiger partial charge in [-0.05, 0) is 31.2 Å². The summed E-state index contributed by atoms with van der Waals surface area (Å²) >= 11 is 0. The summed E-state index contributed by atoms with van der Waals surface area (Å²) in [6, 6.07) is 7.04. The zero-order valence-corrected chi connectivity index (χ0v) is 13.5. The van der Waals surface area contributed by atoms with Gasteiger partial charge in [-0.3, -0.25) is 20.4 Å².